The molecule has 2 aliphatic heterocycles. The van der Waals surface area contributed by atoms with E-state index in [-0.39, 0.29) is 0 Å². The van der Waals surface area contributed by atoms with Gasteiger partial charge in [0, 0.05) is 32.7 Å². The molecular weight excluding hydrogens is 274 g/mol. The minimum absolute atomic E-state index is 0.479. The lowest BCUT2D eigenvalue weighted by atomic mass is 9.78. The van der Waals surface area contributed by atoms with Crippen molar-refractivity contribution in [3.05, 3.63) is 0 Å². The molecule has 5 nitrogen and oxygen atoms in total. The molecule has 3 aliphatic rings. The number of hydrogen-bond donors (Lipinski definition) is 1. The zero-order valence-electron chi connectivity index (χ0n) is 12.3. The van der Waals surface area contributed by atoms with Crippen LogP contribution in [0.25, 0.3) is 0 Å². The molecule has 3 rings (SSSR count). The highest BCUT2D eigenvalue weighted by Crippen LogP contribution is 2.46. The molecule has 0 bridgehead atoms. The van der Waals surface area contributed by atoms with E-state index < -0.39 is 10.2 Å². The molecule has 1 aliphatic carbocycles. The first-order valence-electron chi connectivity index (χ1n) is 8.08. The number of nitrogens with zero attached hydrogens (tertiary/aromatic N) is 2. The largest absolute Gasteiger partial charge is 0.315 e. The maximum absolute atomic E-state index is 12.7. The number of hydrogen-bond acceptors (Lipinski definition) is 3. The van der Waals surface area contributed by atoms with Gasteiger partial charge in [0.15, 0.2) is 0 Å². The zero-order valence-corrected chi connectivity index (χ0v) is 13.1. The Hall–Kier alpha value is -0.170. The third kappa shape index (κ3) is 2.89. The average molecular weight is 301 g/mol. The molecule has 3 fully saturated rings. The summed E-state index contributed by atoms with van der Waals surface area (Å²) in [5.74, 6) is 0. The van der Waals surface area contributed by atoms with Gasteiger partial charge in [-0.15, -0.1) is 0 Å². The van der Waals surface area contributed by atoms with E-state index in [0.717, 1.165) is 45.4 Å². The quantitative estimate of drug-likeness (QED) is 0.833. The van der Waals surface area contributed by atoms with Crippen LogP contribution in [0.2, 0.25) is 0 Å². The molecule has 2 saturated heterocycles. The van der Waals surface area contributed by atoms with Gasteiger partial charge in [0.25, 0.3) is 10.2 Å². The van der Waals surface area contributed by atoms with Crippen LogP contribution in [0.1, 0.15) is 44.9 Å². The van der Waals surface area contributed by atoms with Crippen LogP contribution in [0, 0.1) is 5.41 Å². The van der Waals surface area contributed by atoms with Crippen LogP contribution in [0.4, 0.5) is 0 Å². The molecule has 0 atom stereocenters. The van der Waals surface area contributed by atoms with E-state index in [9.17, 15) is 8.42 Å². The first-order valence-corrected chi connectivity index (χ1v) is 9.48. The second-order valence-electron chi connectivity index (χ2n) is 6.62. The standard InChI is InChI=1S/C14H27N3O2S/c18-20(19,16-10-3-8-15-9-13-16)17-11-6-14(7-12-17)4-1-2-5-14/h15H,1-13H2. The second-order valence-corrected chi connectivity index (χ2v) is 8.54. The summed E-state index contributed by atoms with van der Waals surface area (Å²) in [5.41, 5.74) is 0.479. The summed E-state index contributed by atoms with van der Waals surface area (Å²) in [6.45, 7) is 4.44. The van der Waals surface area contributed by atoms with Gasteiger partial charge in [-0.25, -0.2) is 0 Å². The van der Waals surface area contributed by atoms with Crippen LogP contribution >= 0.6 is 0 Å². The van der Waals surface area contributed by atoms with Gasteiger partial charge in [-0.2, -0.15) is 17.0 Å². The summed E-state index contributed by atoms with van der Waals surface area (Å²) in [5, 5.41) is 3.27. The predicted octanol–water partition coefficient (Wildman–Crippen LogP) is 1.18. The first kappa shape index (κ1) is 14.8. The molecule has 0 aromatic carbocycles. The lowest BCUT2D eigenvalue weighted by Gasteiger charge is -2.40. The Kier molecular flexibility index (Phi) is 4.36. The fraction of sp³-hybridized carbons (Fsp3) is 1.00. The first-order chi connectivity index (χ1) is 9.62. The molecule has 0 aromatic rings. The van der Waals surface area contributed by atoms with E-state index >= 15 is 0 Å². The Morgan fingerprint density at radius 2 is 1.40 bits per heavy atom. The van der Waals surface area contributed by atoms with Crippen LogP contribution < -0.4 is 5.32 Å². The third-order valence-electron chi connectivity index (χ3n) is 5.40. The molecule has 0 unspecified atom stereocenters. The van der Waals surface area contributed by atoms with E-state index in [1.807, 2.05) is 0 Å². The van der Waals surface area contributed by atoms with E-state index in [1.165, 1.54) is 25.7 Å². The fourth-order valence-corrected chi connectivity index (χ4v) is 5.68. The lowest BCUT2D eigenvalue weighted by molar-refractivity contribution is 0.154. The monoisotopic (exact) mass is 301 g/mol. The van der Waals surface area contributed by atoms with Crippen molar-refractivity contribution in [2.45, 2.75) is 44.9 Å². The average Bonchev–Trinajstić information content (AvgIpc) is 2.73. The van der Waals surface area contributed by atoms with Gasteiger partial charge in [0.05, 0.1) is 0 Å². The SMILES string of the molecule is O=S(=O)(N1CCCNCC1)N1CCC2(CCCC2)CC1. The molecule has 6 heteroatoms. The maximum atomic E-state index is 12.7. The van der Waals surface area contributed by atoms with Crippen molar-refractivity contribution < 1.29 is 8.42 Å². The van der Waals surface area contributed by atoms with Crippen molar-refractivity contribution in [1.29, 1.82) is 0 Å². The van der Waals surface area contributed by atoms with Gasteiger partial charge in [-0.1, -0.05) is 12.8 Å². The Labute approximate surface area is 122 Å². The van der Waals surface area contributed by atoms with E-state index in [0.29, 0.717) is 18.5 Å². The molecule has 116 valence electrons. The molecule has 0 radical (unpaired) electrons. The number of rotatable bonds is 2. The van der Waals surface area contributed by atoms with Crippen LogP contribution in [0.15, 0.2) is 0 Å². The van der Waals surface area contributed by atoms with Crippen molar-refractivity contribution in [2.24, 2.45) is 5.41 Å². The number of nitrogens with one attached hydrogen (secondary N) is 1. The molecule has 1 saturated carbocycles. The van der Waals surface area contributed by atoms with Crippen molar-refractivity contribution >= 4 is 10.2 Å². The minimum atomic E-state index is -3.23. The van der Waals surface area contributed by atoms with Gasteiger partial charge >= 0.3 is 0 Å². The van der Waals surface area contributed by atoms with Gasteiger partial charge in [-0.05, 0) is 44.1 Å². The summed E-state index contributed by atoms with van der Waals surface area (Å²) < 4.78 is 28.9. The molecule has 1 spiro atoms. The normalized spacial score (nSPS) is 29.6. The van der Waals surface area contributed by atoms with Crippen molar-refractivity contribution in [2.75, 3.05) is 39.3 Å². The summed E-state index contributed by atoms with van der Waals surface area (Å²) >= 11 is 0. The van der Waals surface area contributed by atoms with Crippen LogP contribution in [-0.4, -0.2) is 56.3 Å². The maximum Gasteiger partial charge on any atom is 0.282 e. The molecule has 2 heterocycles. The minimum Gasteiger partial charge on any atom is -0.315 e. The molecule has 0 amide bonds. The lowest BCUT2D eigenvalue weighted by Crippen LogP contribution is -2.49. The molecule has 20 heavy (non-hydrogen) atoms. The Morgan fingerprint density at radius 1 is 0.750 bits per heavy atom. The Bertz CT molecular complexity index is 414. The topological polar surface area (TPSA) is 52.7 Å². The van der Waals surface area contributed by atoms with E-state index in [2.05, 4.69) is 5.32 Å². The van der Waals surface area contributed by atoms with Gasteiger partial charge in [0.2, 0.25) is 0 Å². The molecule has 1 N–H and O–H groups in total. The fourth-order valence-electron chi connectivity index (χ4n) is 4.03. The van der Waals surface area contributed by atoms with E-state index in [4.69, 9.17) is 0 Å². The molecular formula is C14H27N3O2S. The van der Waals surface area contributed by atoms with Crippen molar-refractivity contribution in [3.63, 3.8) is 0 Å². The Morgan fingerprint density at radius 3 is 2.10 bits per heavy atom. The van der Waals surface area contributed by atoms with Crippen molar-refractivity contribution in [3.8, 4) is 0 Å². The summed E-state index contributed by atoms with van der Waals surface area (Å²) in [7, 11) is -3.23. The van der Waals surface area contributed by atoms with Crippen molar-refractivity contribution in [1.82, 2.24) is 13.9 Å². The summed E-state index contributed by atoms with van der Waals surface area (Å²) in [4.78, 5) is 0. The van der Waals surface area contributed by atoms with Crippen LogP contribution in [0.3, 0.4) is 0 Å². The summed E-state index contributed by atoms with van der Waals surface area (Å²) in [6.07, 6.45) is 8.35. The Balaban J connectivity index is 1.63. The number of piperidine rings is 1. The second kappa shape index (κ2) is 5.91. The van der Waals surface area contributed by atoms with Gasteiger partial charge in [0.1, 0.15) is 0 Å². The highest BCUT2D eigenvalue weighted by atomic mass is 32.2. The smallest absolute Gasteiger partial charge is 0.282 e. The third-order valence-corrected chi connectivity index (χ3v) is 7.43. The predicted molar refractivity (Wildman–Crippen MR) is 79.7 cm³/mol. The zero-order chi connectivity index (χ0) is 14.1. The molecule has 0 aromatic heterocycles. The van der Waals surface area contributed by atoms with Crippen LogP contribution in [0.5, 0.6) is 0 Å². The van der Waals surface area contributed by atoms with Gasteiger partial charge in [-0.3, -0.25) is 0 Å². The highest BCUT2D eigenvalue weighted by molar-refractivity contribution is 7.86. The van der Waals surface area contributed by atoms with E-state index in [1.54, 1.807) is 8.61 Å². The highest BCUT2D eigenvalue weighted by Gasteiger charge is 2.41. The van der Waals surface area contributed by atoms with Gasteiger partial charge < -0.3 is 5.32 Å². The van der Waals surface area contributed by atoms with Crippen LogP contribution in [-0.2, 0) is 10.2 Å². The summed E-state index contributed by atoms with van der Waals surface area (Å²) in [6, 6.07) is 0.